The van der Waals surface area contributed by atoms with Gasteiger partial charge < -0.3 is 5.32 Å². The lowest BCUT2D eigenvalue weighted by Crippen LogP contribution is -2.40. The van der Waals surface area contributed by atoms with Crippen LogP contribution in [0.3, 0.4) is 0 Å². The lowest BCUT2D eigenvalue weighted by molar-refractivity contribution is -0.384. The molecule has 0 aliphatic carbocycles. The molecule has 0 aliphatic heterocycles. The van der Waals surface area contributed by atoms with E-state index in [2.05, 4.69) is 5.32 Å². The Kier molecular flexibility index (Phi) is 7.81. The van der Waals surface area contributed by atoms with Gasteiger partial charge in [0.05, 0.1) is 10.2 Å². The molecule has 196 valence electrons. The van der Waals surface area contributed by atoms with Gasteiger partial charge in [-0.3, -0.25) is 19.7 Å². The summed E-state index contributed by atoms with van der Waals surface area (Å²) in [4.78, 5) is 39.6. The number of nitrogens with zero attached hydrogens (tertiary/aromatic N) is 1. The monoisotopic (exact) mass is 544 g/mol. The van der Waals surface area contributed by atoms with Gasteiger partial charge in [-0.25, -0.2) is 0 Å². The Morgan fingerprint density at radius 2 is 0.975 bits per heavy atom. The summed E-state index contributed by atoms with van der Waals surface area (Å²) in [7, 11) is 0. The van der Waals surface area contributed by atoms with Crippen LogP contribution < -0.4 is 21.2 Å². The Morgan fingerprint density at radius 1 is 0.575 bits per heavy atom. The molecular weight excluding hydrogens is 519 g/mol. The molecule has 0 saturated heterocycles. The maximum Gasteiger partial charge on any atom is 0.269 e. The average molecular weight is 545 g/mol. The van der Waals surface area contributed by atoms with Gasteiger partial charge in [-0.05, 0) is 34.9 Å². The summed E-state index contributed by atoms with van der Waals surface area (Å²) in [5.74, 6) is -0.947. The Balaban J connectivity index is 1.89. The minimum atomic E-state index is -3.06. The first-order valence-electron chi connectivity index (χ1n) is 12.6. The van der Waals surface area contributed by atoms with Gasteiger partial charge in [0.25, 0.3) is 11.6 Å². The molecule has 0 saturated carbocycles. The first-order valence-corrected chi connectivity index (χ1v) is 14.4. The molecule has 0 atom stereocenters. The molecule has 0 aromatic heterocycles. The molecule has 7 heteroatoms. The molecule has 1 N–H and O–H groups in total. The lowest BCUT2D eigenvalue weighted by Gasteiger charge is -2.32. The normalized spacial score (nSPS) is 10.9. The van der Waals surface area contributed by atoms with Crippen molar-refractivity contribution in [2.24, 2.45) is 0 Å². The number of anilines is 1. The van der Waals surface area contributed by atoms with Crippen LogP contribution in [0.15, 0.2) is 146 Å². The van der Waals surface area contributed by atoms with Crippen molar-refractivity contribution >= 4 is 51.2 Å². The van der Waals surface area contributed by atoms with Gasteiger partial charge in [-0.1, -0.05) is 121 Å². The highest BCUT2D eigenvalue weighted by atomic mass is 31.2. The number of Topliss-reactive ketones (excluding diaryl/α,β-unsaturated/α-hetero) is 1. The molecule has 0 unspecified atom stereocenters. The second kappa shape index (κ2) is 11.8. The zero-order valence-electron chi connectivity index (χ0n) is 21.4. The van der Waals surface area contributed by atoms with Crippen molar-refractivity contribution < 1.29 is 14.5 Å². The van der Waals surface area contributed by atoms with Crippen molar-refractivity contribution in [3.05, 3.63) is 161 Å². The molecule has 0 radical (unpaired) electrons. The van der Waals surface area contributed by atoms with E-state index in [1.807, 2.05) is 97.1 Å². The fraction of sp³-hybridized carbons (Fsp3) is 0. The zero-order chi connectivity index (χ0) is 28.0. The van der Waals surface area contributed by atoms with Gasteiger partial charge in [0.2, 0.25) is 0 Å². The summed E-state index contributed by atoms with van der Waals surface area (Å²) < 4.78 is 0. The third-order valence-electron chi connectivity index (χ3n) is 6.57. The highest BCUT2D eigenvalue weighted by Crippen LogP contribution is 2.47. The van der Waals surface area contributed by atoms with Crippen molar-refractivity contribution in [1.29, 1.82) is 0 Å². The van der Waals surface area contributed by atoms with Crippen molar-refractivity contribution in [2.45, 2.75) is 0 Å². The molecular formula is C33H25N2O4P. The van der Waals surface area contributed by atoms with Crippen LogP contribution in [-0.4, -0.2) is 21.9 Å². The van der Waals surface area contributed by atoms with Crippen LogP contribution in [0, 0.1) is 10.1 Å². The molecule has 0 aliphatic rings. The van der Waals surface area contributed by atoms with Crippen molar-refractivity contribution in [3.63, 3.8) is 0 Å². The van der Waals surface area contributed by atoms with Gasteiger partial charge in [0.15, 0.2) is 5.78 Å². The van der Waals surface area contributed by atoms with E-state index in [0.29, 0.717) is 11.3 Å². The van der Waals surface area contributed by atoms with Crippen molar-refractivity contribution in [3.8, 4) is 0 Å². The van der Waals surface area contributed by atoms with Crippen LogP contribution in [0.4, 0.5) is 11.4 Å². The molecule has 6 nitrogen and oxygen atoms in total. The number of carbonyl (C=O) groups excluding carboxylic acids is 2. The number of amides is 1. The van der Waals surface area contributed by atoms with Crippen LogP contribution in [0.2, 0.25) is 0 Å². The minimum Gasteiger partial charge on any atom is -0.322 e. The molecule has 0 spiro atoms. The summed E-state index contributed by atoms with van der Waals surface area (Å²) in [6, 6.07) is 43.3. The highest BCUT2D eigenvalue weighted by molar-refractivity contribution is 7.97. The number of rotatable bonds is 8. The Hall–Kier alpha value is -5.06. The lowest BCUT2D eigenvalue weighted by atomic mass is 10.1. The van der Waals surface area contributed by atoms with Crippen LogP contribution >= 0.6 is 6.89 Å². The number of carbonyl (C=O) groups is 2. The summed E-state index contributed by atoms with van der Waals surface area (Å²) in [5.41, 5.74) is 0.645. The molecule has 5 aromatic carbocycles. The number of nitrogens with one attached hydrogen (secondary N) is 1. The zero-order valence-corrected chi connectivity index (χ0v) is 22.3. The molecule has 0 bridgehead atoms. The Bertz CT molecular complexity index is 1600. The van der Waals surface area contributed by atoms with Gasteiger partial charge in [-0.2, -0.15) is 0 Å². The maximum atomic E-state index is 14.5. The van der Waals surface area contributed by atoms with E-state index in [9.17, 15) is 19.7 Å². The summed E-state index contributed by atoms with van der Waals surface area (Å²) >= 11 is 0. The average Bonchev–Trinajstić information content (AvgIpc) is 3.01. The number of nitro groups is 1. The molecule has 0 heterocycles. The second-order valence-corrected chi connectivity index (χ2v) is 12.3. The summed E-state index contributed by atoms with van der Waals surface area (Å²) in [5, 5.41) is 16.7. The number of ketones is 1. The smallest absolute Gasteiger partial charge is 0.269 e. The number of nitro benzene ring substituents is 1. The minimum absolute atomic E-state index is 0.0951. The fourth-order valence-corrected chi connectivity index (χ4v) is 9.10. The van der Waals surface area contributed by atoms with E-state index >= 15 is 0 Å². The second-order valence-electron chi connectivity index (χ2n) is 8.98. The molecule has 0 fully saturated rings. The predicted molar refractivity (Wildman–Crippen MR) is 163 cm³/mol. The molecule has 40 heavy (non-hydrogen) atoms. The summed E-state index contributed by atoms with van der Waals surface area (Å²) in [6.45, 7) is -3.06. The largest absolute Gasteiger partial charge is 0.322 e. The van der Waals surface area contributed by atoms with Crippen molar-refractivity contribution in [1.82, 2.24) is 0 Å². The molecule has 5 aromatic rings. The molecule has 1 amide bonds. The SMILES string of the molecule is O=C(Nc1ccc([N+](=O)[O-])cc1)C(C(=O)c1ccccc1)=P(c1ccccc1)(c1ccccc1)c1ccccc1. The first-order chi connectivity index (χ1) is 19.5. The van der Waals surface area contributed by atoms with Gasteiger partial charge in [0, 0.05) is 23.4 Å². The van der Waals surface area contributed by atoms with Crippen LogP contribution in [0.25, 0.3) is 0 Å². The standard InChI is InChI=1S/C33H25N2O4P/c36-31(25-13-5-1-6-14-25)32(33(37)34-26-21-23-27(24-22-26)35(38)39)40(28-15-7-2-8-16-28,29-17-9-3-10-18-29)30-19-11-4-12-20-30/h1-24H,(H,34,37). The van der Waals surface area contributed by atoms with E-state index < -0.39 is 17.7 Å². The first kappa shape index (κ1) is 26.5. The van der Waals surface area contributed by atoms with E-state index in [0.717, 1.165) is 15.9 Å². The number of hydrogen-bond acceptors (Lipinski definition) is 4. The topological polar surface area (TPSA) is 89.3 Å². The quantitative estimate of drug-likeness (QED) is 0.0908. The van der Waals surface area contributed by atoms with E-state index in [4.69, 9.17) is 0 Å². The van der Waals surface area contributed by atoms with Gasteiger partial charge >= 0.3 is 0 Å². The highest BCUT2D eigenvalue weighted by Gasteiger charge is 2.37. The van der Waals surface area contributed by atoms with Crippen LogP contribution in [0.5, 0.6) is 0 Å². The van der Waals surface area contributed by atoms with Crippen LogP contribution in [0.1, 0.15) is 10.4 Å². The van der Waals surface area contributed by atoms with Gasteiger partial charge in [-0.15, -0.1) is 0 Å². The number of non-ortho nitro benzene ring substituents is 1. The third kappa shape index (κ3) is 5.13. The van der Waals surface area contributed by atoms with E-state index in [1.165, 1.54) is 24.3 Å². The van der Waals surface area contributed by atoms with E-state index in [1.54, 1.807) is 24.3 Å². The van der Waals surface area contributed by atoms with Crippen molar-refractivity contribution in [2.75, 3.05) is 5.32 Å². The number of hydrogen-bond donors (Lipinski definition) is 1. The predicted octanol–water partition coefficient (Wildman–Crippen LogP) is 5.58. The fourth-order valence-electron chi connectivity index (χ4n) is 4.78. The Morgan fingerprint density at radius 3 is 1.38 bits per heavy atom. The van der Waals surface area contributed by atoms with Gasteiger partial charge in [0.1, 0.15) is 0 Å². The third-order valence-corrected chi connectivity index (χ3v) is 10.9. The maximum absolute atomic E-state index is 14.5. The molecule has 5 rings (SSSR count). The summed E-state index contributed by atoms with van der Waals surface area (Å²) in [6.07, 6.45) is 0. The van der Waals surface area contributed by atoms with E-state index in [-0.39, 0.29) is 16.8 Å². The Labute approximate surface area is 232 Å². The number of benzene rings is 5. The van der Waals surface area contributed by atoms with Crippen LogP contribution in [-0.2, 0) is 4.79 Å².